The molecule has 3 heterocycles. The predicted molar refractivity (Wildman–Crippen MR) is 103 cm³/mol. The number of methoxy groups -OCH3 is 1. The summed E-state index contributed by atoms with van der Waals surface area (Å²) < 4.78 is 5.55. The van der Waals surface area contributed by atoms with Crippen molar-refractivity contribution in [3.05, 3.63) is 36.3 Å². The number of rotatable bonds is 3. The van der Waals surface area contributed by atoms with Crippen LogP contribution in [0.25, 0.3) is 0 Å². The number of esters is 1. The number of carbonyl (C=O) groups is 3. The summed E-state index contributed by atoms with van der Waals surface area (Å²) in [5.41, 5.74) is 1.39. The van der Waals surface area contributed by atoms with Crippen molar-refractivity contribution in [2.24, 2.45) is 0 Å². The van der Waals surface area contributed by atoms with Gasteiger partial charge in [0, 0.05) is 18.3 Å². The number of carbonyl (C=O) groups excluding carboxylic acids is 3. The molecule has 0 aromatic carbocycles. The molecule has 0 bridgehead atoms. The summed E-state index contributed by atoms with van der Waals surface area (Å²) in [6, 6.07) is 1.48. The highest BCUT2D eigenvalue weighted by atomic mass is 35.5. The van der Waals surface area contributed by atoms with E-state index in [9.17, 15) is 14.4 Å². The Balaban J connectivity index is 1.96. The van der Waals surface area contributed by atoms with Crippen LogP contribution in [-0.2, 0) is 22.5 Å². The zero-order valence-electron chi connectivity index (χ0n) is 13.9. The van der Waals surface area contributed by atoms with E-state index in [-0.39, 0.29) is 15.8 Å². The van der Waals surface area contributed by atoms with Gasteiger partial charge < -0.3 is 15.0 Å². The maximum Gasteiger partial charge on any atom is 0.341 e. The molecule has 0 unspecified atom stereocenters. The number of halogens is 2. The minimum atomic E-state index is -0.525. The Labute approximate surface area is 167 Å². The first-order valence-electron chi connectivity index (χ1n) is 7.56. The fraction of sp³-hybridized carbons (Fsp3) is 0.312. The third-order valence-electron chi connectivity index (χ3n) is 4.02. The monoisotopic (exact) mass is 432 g/mol. The number of amides is 2. The zero-order chi connectivity index (χ0) is 19.0. The van der Waals surface area contributed by atoms with Gasteiger partial charge in [0.15, 0.2) is 0 Å². The van der Waals surface area contributed by atoms with Gasteiger partial charge in [-0.3, -0.25) is 9.59 Å². The summed E-state index contributed by atoms with van der Waals surface area (Å²) in [7, 11) is 1.29. The first-order chi connectivity index (χ1) is 12.3. The topological polar surface area (TPSA) is 75.7 Å². The molecule has 0 aliphatic carbocycles. The van der Waals surface area contributed by atoms with Crippen molar-refractivity contribution < 1.29 is 19.1 Å². The Morgan fingerprint density at radius 1 is 1.27 bits per heavy atom. The third-order valence-corrected chi connectivity index (χ3v) is 6.64. The zero-order valence-corrected chi connectivity index (χ0v) is 17.0. The van der Waals surface area contributed by atoms with Crippen molar-refractivity contribution in [2.45, 2.75) is 19.9 Å². The Kier molecular flexibility index (Phi) is 5.57. The van der Waals surface area contributed by atoms with E-state index in [1.165, 1.54) is 31.4 Å². The lowest BCUT2D eigenvalue weighted by molar-refractivity contribution is -0.129. The molecule has 0 saturated heterocycles. The molecular formula is C16H14Cl2N2O4S2. The van der Waals surface area contributed by atoms with E-state index in [4.69, 9.17) is 27.9 Å². The Morgan fingerprint density at radius 3 is 2.58 bits per heavy atom. The van der Waals surface area contributed by atoms with Crippen LogP contribution in [0, 0.1) is 0 Å². The van der Waals surface area contributed by atoms with E-state index in [2.05, 4.69) is 5.32 Å². The van der Waals surface area contributed by atoms with Crippen LogP contribution in [0.15, 0.2) is 6.07 Å². The minimum Gasteiger partial charge on any atom is -0.465 e. The fourth-order valence-electron chi connectivity index (χ4n) is 2.74. The second kappa shape index (κ2) is 7.56. The molecule has 0 saturated carbocycles. The molecule has 3 rings (SSSR count). The van der Waals surface area contributed by atoms with E-state index in [1.807, 2.05) is 0 Å². The molecule has 0 fully saturated rings. The summed E-state index contributed by atoms with van der Waals surface area (Å²) in [6.07, 6.45) is 0.525. The molecule has 10 heteroatoms. The third kappa shape index (κ3) is 3.59. The quantitative estimate of drug-likeness (QED) is 0.741. The van der Waals surface area contributed by atoms with Crippen molar-refractivity contribution in [3.63, 3.8) is 0 Å². The van der Waals surface area contributed by atoms with Gasteiger partial charge in [-0.15, -0.1) is 22.7 Å². The van der Waals surface area contributed by atoms with Crippen LogP contribution >= 0.6 is 45.9 Å². The summed E-state index contributed by atoms with van der Waals surface area (Å²) in [5, 5.41) is 3.12. The first kappa shape index (κ1) is 19.2. The first-order valence-corrected chi connectivity index (χ1v) is 9.95. The SMILES string of the molecule is COC(=O)c1c(NC(=O)c2cc(Cl)sc2Cl)sc2c1CCN(C(C)=O)C2. The van der Waals surface area contributed by atoms with E-state index in [0.29, 0.717) is 34.4 Å². The van der Waals surface area contributed by atoms with Gasteiger partial charge in [0.1, 0.15) is 9.34 Å². The lowest BCUT2D eigenvalue weighted by Crippen LogP contribution is -2.33. The van der Waals surface area contributed by atoms with E-state index in [1.54, 1.807) is 4.90 Å². The van der Waals surface area contributed by atoms with Crippen LogP contribution in [-0.4, -0.2) is 36.3 Å². The van der Waals surface area contributed by atoms with E-state index >= 15 is 0 Å². The highest BCUT2D eigenvalue weighted by Gasteiger charge is 2.30. The number of thiophene rings is 2. The molecule has 0 atom stereocenters. The second-order valence-corrected chi connectivity index (χ2v) is 8.97. The fourth-order valence-corrected chi connectivity index (χ4v) is 5.45. The minimum absolute atomic E-state index is 0.0334. The number of hydrogen-bond donors (Lipinski definition) is 1. The van der Waals surface area contributed by atoms with Gasteiger partial charge >= 0.3 is 5.97 Å². The molecule has 2 aromatic rings. The highest BCUT2D eigenvalue weighted by molar-refractivity contribution is 7.20. The smallest absolute Gasteiger partial charge is 0.341 e. The molecule has 1 aliphatic rings. The van der Waals surface area contributed by atoms with Gasteiger partial charge in [0.05, 0.1) is 29.1 Å². The predicted octanol–water partition coefficient (Wildman–Crippen LogP) is 4.06. The van der Waals surface area contributed by atoms with Crippen LogP contribution in [0.5, 0.6) is 0 Å². The average molecular weight is 433 g/mol. The van der Waals surface area contributed by atoms with Gasteiger partial charge in [0.2, 0.25) is 5.91 Å². The Bertz CT molecular complexity index is 906. The number of ether oxygens (including phenoxy) is 1. The number of fused-ring (bicyclic) bond motifs is 1. The van der Waals surface area contributed by atoms with Gasteiger partial charge in [0.25, 0.3) is 5.91 Å². The number of nitrogens with one attached hydrogen (secondary N) is 1. The van der Waals surface area contributed by atoms with E-state index in [0.717, 1.165) is 21.8 Å². The van der Waals surface area contributed by atoms with Crippen LogP contribution in [0.4, 0.5) is 5.00 Å². The van der Waals surface area contributed by atoms with Crippen LogP contribution < -0.4 is 5.32 Å². The molecule has 138 valence electrons. The van der Waals surface area contributed by atoms with Crippen LogP contribution in [0.1, 0.15) is 38.1 Å². The van der Waals surface area contributed by atoms with Crippen LogP contribution in [0.2, 0.25) is 8.67 Å². The highest BCUT2D eigenvalue weighted by Crippen LogP contribution is 2.39. The van der Waals surface area contributed by atoms with Crippen molar-refractivity contribution in [3.8, 4) is 0 Å². The van der Waals surface area contributed by atoms with Crippen molar-refractivity contribution in [1.29, 1.82) is 0 Å². The summed E-state index contributed by atoms with van der Waals surface area (Å²) in [4.78, 5) is 39.0. The second-order valence-electron chi connectivity index (χ2n) is 5.58. The molecule has 0 spiro atoms. The lowest BCUT2D eigenvalue weighted by atomic mass is 10.0. The molecular weight excluding hydrogens is 419 g/mol. The molecule has 1 N–H and O–H groups in total. The van der Waals surface area contributed by atoms with Gasteiger partial charge in [-0.25, -0.2) is 4.79 Å². The molecule has 2 amide bonds. The van der Waals surface area contributed by atoms with Crippen molar-refractivity contribution in [1.82, 2.24) is 4.90 Å². The van der Waals surface area contributed by atoms with Crippen molar-refractivity contribution in [2.75, 3.05) is 19.0 Å². The maximum absolute atomic E-state index is 12.5. The Hall–Kier alpha value is -1.61. The molecule has 0 radical (unpaired) electrons. The van der Waals surface area contributed by atoms with Gasteiger partial charge in [-0.2, -0.15) is 0 Å². The van der Waals surface area contributed by atoms with Crippen molar-refractivity contribution >= 4 is 68.7 Å². The molecule has 26 heavy (non-hydrogen) atoms. The average Bonchev–Trinajstić information content (AvgIpc) is 3.12. The maximum atomic E-state index is 12.5. The summed E-state index contributed by atoms with van der Waals surface area (Å²) in [5.74, 6) is -1.01. The number of hydrogen-bond acceptors (Lipinski definition) is 6. The standard InChI is InChI=1S/C16H14Cl2N2O4S2/c1-7(21)20-4-3-8-10(6-20)25-15(12(8)16(23)24-2)19-14(22)9-5-11(17)26-13(9)18/h5H,3-4,6H2,1-2H3,(H,19,22). The molecule has 1 aliphatic heterocycles. The normalized spacial score (nSPS) is 13.3. The molecule has 2 aromatic heterocycles. The largest absolute Gasteiger partial charge is 0.465 e. The van der Waals surface area contributed by atoms with Gasteiger partial charge in [-0.1, -0.05) is 23.2 Å². The molecule has 6 nitrogen and oxygen atoms in total. The Morgan fingerprint density at radius 2 is 2.00 bits per heavy atom. The lowest BCUT2D eigenvalue weighted by Gasteiger charge is -2.25. The number of anilines is 1. The van der Waals surface area contributed by atoms with Gasteiger partial charge in [-0.05, 0) is 18.1 Å². The van der Waals surface area contributed by atoms with Crippen LogP contribution in [0.3, 0.4) is 0 Å². The summed E-state index contributed by atoms with van der Waals surface area (Å²) in [6.45, 7) is 2.42. The van der Waals surface area contributed by atoms with E-state index < -0.39 is 11.9 Å². The summed E-state index contributed by atoms with van der Waals surface area (Å²) >= 11 is 14.3. The number of nitrogens with zero attached hydrogens (tertiary/aromatic N) is 1.